The zero-order valence-corrected chi connectivity index (χ0v) is 13.6. The Labute approximate surface area is 144 Å². The highest BCUT2D eigenvalue weighted by atomic mass is 19.2. The predicted octanol–water partition coefficient (Wildman–Crippen LogP) is 3.55. The van der Waals surface area contributed by atoms with Crippen LogP contribution in [-0.2, 0) is 0 Å². The molecule has 0 aliphatic rings. The van der Waals surface area contributed by atoms with Crippen molar-refractivity contribution in [1.82, 2.24) is 5.43 Å². The summed E-state index contributed by atoms with van der Waals surface area (Å²) >= 11 is 0. The minimum Gasteiger partial charge on any atom is -0.493 e. The van der Waals surface area contributed by atoms with Crippen LogP contribution in [0.15, 0.2) is 18.2 Å². The second-order valence-corrected chi connectivity index (χ2v) is 4.82. The van der Waals surface area contributed by atoms with Crippen molar-refractivity contribution in [2.24, 2.45) is 0 Å². The molecule has 0 saturated carbocycles. The average Bonchev–Trinajstić information content (AvgIpc) is 2.65. The number of carbonyl (C=O) groups excluding carboxylic acids is 1. The Hall–Kier alpha value is -3.04. The number of hydrogen-bond donors (Lipinski definition) is 2. The van der Waals surface area contributed by atoms with E-state index in [1.54, 1.807) is 12.3 Å². The molecule has 2 aromatic carbocycles. The van der Waals surface area contributed by atoms with Crippen molar-refractivity contribution < 1.29 is 36.2 Å². The number of nitrogens with one attached hydrogen (secondary N) is 2. The van der Waals surface area contributed by atoms with E-state index in [-0.39, 0.29) is 11.3 Å². The molecule has 10 heteroatoms. The van der Waals surface area contributed by atoms with Crippen LogP contribution < -0.4 is 20.3 Å². The number of hydrazine groups is 1. The molecule has 0 spiro atoms. The van der Waals surface area contributed by atoms with Crippen LogP contribution in [0.2, 0.25) is 0 Å². The van der Waals surface area contributed by atoms with Crippen LogP contribution in [-0.4, -0.2) is 19.6 Å². The molecule has 2 rings (SSSR count). The standard InChI is InChI=1S/C16H13F5N2O3/c1-3-26-8-5-4-7(6-9(8)25-2)16(24)23-22-15-13(20)11(18)10(17)12(19)14(15)21/h4-6,22H,3H2,1-2H3,(H,23,24). The van der Waals surface area contributed by atoms with E-state index in [9.17, 15) is 26.7 Å². The highest BCUT2D eigenvalue weighted by Crippen LogP contribution is 2.29. The van der Waals surface area contributed by atoms with E-state index in [4.69, 9.17) is 9.47 Å². The molecule has 0 bridgehead atoms. The fourth-order valence-electron chi connectivity index (χ4n) is 1.99. The highest BCUT2D eigenvalue weighted by molar-refractivity contribution is 5.95. The van der Waals surface area contributed by atoms with Crippen molar-refractivity contribution in [3.05, 3.63) is 52.8 Å². The summed E-state index contributed by atoms with van der Waals surface area (Å²) in [6.45, 7) is 2.09. The van der Waals surface area contributed by atoms with Crippen molar-refractivity contribution in [3.63, 3.8) is 0 Å². The SMILES string of the molecule is CCOc1ccc(C(=O)NNc2c(F)c(F)c(F)c(F)c2F)cc1OC. The number of ether oxygens (including phenoxy) is 2. The first-order valence-electron chi connectivity index (χ1n) is 7.20. The van der Waals surface area contributed by atoms with Gasteiger partial charge in [-0.2, -0.15) is 0 Å². The first-order chi connectivity index (χ1) is 12.3. The van der Waals surface area contributed by atoms with Gasteiger partial charge >= 0.3 is 0 Å². The topological polar surface area (TPSA) is 59.6 Å². The second-order valence-electron chi connectivity index (χ2n) is 4.82. The molecule has 0 heterocycles. The molecule has 140 valence electrons. The fourth-order valence-corrected chi connectivity index (χ4v) is 1.99. The zero-order valence-electron chi connectivity index (χ0n) is 13.6. The number of methoxy groups -OCH3 is 1. The van der Waals surface area contributed by atoms with Gasteiger partial charge < -0.3 is 9.47 Å². The molecular formula is C16H13F5N2O3. The van der Waals surface area contributed by atoms with Gasteiger partial charge in [-0.3, -0.25) is 15.6 Å². The number of benzene rings is 2. The lowest BCUT2D eigenvalue weighted by Gasteiger charge is -2.13. The van der Waals surface area contributed by atoms with Crippen LogP contribution in [0.5, 0.6) is 11.5 Å². The van der Waals surface area contributed by atoms with Gasteiger partial charge in [0.25, 0.3) is 5.91 Å². The molecule has 5 nitrogen and oxygen atoms in total. The Bertz CT molecular complexity index is 816. The lowest BCUT2D eigenvalue weighted by Crippen LogP contribution is -2.31. The average molecular weight is 376 g/mol. The summed E-state index contributed by atoms with van der Waals surface area (Å²) in [7, 11) is 1.34. The Morgan fingerprint density at radius 3 is 2.08 bits per heavy atom. The van der Waals surface area contributed by atoms with Crippen molar-refractivity contribution in [1.29, 1.82) is 0 Å². The summed E-state index contributed by atoms with van der Waals surface area (Å²) in [4.78, 5) is 12.0. The second kappa shape index (κ2) is 7.89. The van der Waals surface area contributed by atoms with Gasteiger partial charge in [0.05, 0.1) is 13.7 Å². The summed E-state index contributed by atoms with van der Waals surface area (Å²) in [5, 5.41) is 0. The van der Waals surface area contributed by atoms with Gasteiger partial charge in [0, 0.05) is 5.56 Å². The van der Waals surface area contributed by atoms with Gasteiger partial charge in [0.1, 0.15) is 5.69 Å². The normalized spacial score (nSPS) is 10.4. The lowest BCUT2D eigenvalue weighted by atomic mass is 10.2. The molecule has 0 fully saturated rings. The van der Waals surface area contributed by atoms with Crippen molar-refractivity contribution in [3.8, 4) is 11.5 Å². The molecule has 0 aliphatic heterocycles. The van der Waals surface area contributed by atoms with E-state index in [2.05, 4.69) is 0 Å². The minimum absolute atomic E-state index is 0.0123. The summed E-state index contributed by atoms with van der Waals surface area (Å²) in [6, 6.07) is 4.03. The highest BCUT2D eigenvalue weighted by Gasteiger charge is 2.26. The zero-order chi connectivity index (χ0) is 19.4. The van der Waals surface area contributed by atoms with Crippen LogP contribution in [0.1, 0.15) is 17.3 Å². The number of hydrogen-bond acceptors (Lipinski definition) is 4. The number of rotatable bonds is 6. The molecule has 0 atom stereocenters. The number of amides is 1. The molecule has 0 saturated heterocycles. The van der Waals surface area contributed by atoms with Gasteiger partial charge in [-0.1, -0.05) is 0 Å². The van der Waals surface area contributed by atoms with Gasteiger partial charge in [0.2, 0.25) is 5.82 Å². The lowest BCUT2D eigenvalue weighted by molar-refractivity contribution is 0.0962. The van der Waals surface area contributed by atoms with Gasteiger partial charge in [-0.15, -0.1) is 0 Å². The Morgan fingerprint density at radius 1 is 0.962 bits per heavy atom. The molecule has 1 amide bonds. The first kappa shape index (κ1) is 19.3. The third kappa shape index (κ3) is 3.63. The molecule has 2 N–H and O–H groups in total. The molecule has 26 heavy (non-hydrogen) atoms. The maximum absolute atomic E-state index is 13.5. The Kier molecular flexibility index (Phi) is 5.86. The Balaban J connectivity index is 2.22. The molecule has 2 aromatic rings. The van der Waals surface area contributed by atoms with E-state index in [0.717, 1.165) is 0 Å². The summed E-state index contributed by atoms with van der Waals surface area (Å²) < 4.78 is 76.6. The summed E-state index contributed by atoms with van der Waals surface area (Å²) in [5.74, 6) is -11.1. The van der Waals surface area contributed by atoms with E-state index in [1.807, 2.05) is 5.43 Å². The van der Waals surface area contributed by atoms with Crippen molar-refractivity contribution in [2.45, 2.75) is 6.92 Å². The first-order valence-corrected chi connectivity index (χ1v) is 7.20. The van der Waals surface area contributed by atoms with Crippen LogP contribution in [0.3, 0.4) is 0 Å². The number of anilines is 1. The predicted molar refractivity (Wildman–Crippen MR) is 81.5 cm³/mol. The van der Waals surface area contributed by atoms with Gasteiger partial charge in [-0.05, 0) is 25.1 Å². The summed E-state index contributed by atoms with van der Waals surface area (Å²) in [5.41, 5.74) is 2.16. The number of halogens is 5. The van der Waals surface area contributed by atoms with E-state index in [1.165, 1.54) is 25.3 Å². The molecule has 0 aromatic heterocycles. The minimum atomic E-state index is -2.30. The van der Waals surface area contributed by atoms with Crippen LogP contribution >= 0.6 is 0 Å². The van der Waals surface area contributed by atoms with Crippen molar-refractivity contribution >= 4 is 11.6 Å². The van der Waals surface area contributed by atoms with Gasteiger partial charge in [0.15, 0.2) is 34.8 Å². The smallest absolute Gasteiger partial charge is 0.269 e. The largest absolute Gasteiger partial charge is 0.493 e. The summed E-state index contributed by atoms with van der Waals surface area (Å²) in [6.07, 6.45) is 0. The van der Waals surface area contributed by atoms with E-state index >= 15 is 0 Å². The molecule has 0 aliphatic carbocycles. The van der Waals surface area contributed by atoms with Crippen LogP contribution in [0.25, 0.3) is 0 Å². The maximum atomic E-state index is 13.5. The fraction of sp³-hybridized carbons (Fsp3) is 0.188. The molecule has 0 unspecified atom stereocenters. The van der Waals surface area contributed by atoms with Crippen molar-refractivity contribution in [2.75, 3.05) is 19.1 Å². The van der Waals surface area contributed by atoms with Crippen LogP contribution in [0, 0.1) is 29.1 Å². The van der Waals surface area contributed by atoms with E-state index < -0.39 is 40.7 Å². The number of carbonyl (C=O) groups is 1. The molecule has 0 radical (unpaired) electrons. The van der Waals surface area contributed by atoms with Crippen LogP contribution in [0.4, 0.5) is 27.6 Å². The van der Waals surface area contributed by atoms with E-state index in [0.29, 0.717) is 12.4 Å². The van der Waals surface area contributed by atoms with Gasteiger partial charge in [-0.25, -0.2) is 22.0 Å². The Morgan fingerprint density at radius 2 is 1.54 bits per heavy atom. The quantitative estimate of drug-likeness (QED) is 0.350. The molecular weight excluding hydrogens is 363 g/mol. The maximum Gasteiger partial charge on any atom is 0.269 e. The third-order valence-electron chi connectivity index (χ3n) is 3.24. The monoisotopic (exact) mass is 376 g/mol. The third-order valence-corrected chi connectivity index (χ3v) is 3.24.